The van der Waals surface area contributed by atoms with Gasteiger partial charge in [0, 0.05) is 10.9 Å². The highest BCUT2D eigenvalue weighted by Gasteiger charge is 2.21. The van der Waals surface area contributed by atoms with Crippen molar-refractivity contribution in [3.63, 3.8) is 0 Å². The Morgan fingerprint density at radius 1 is 1.21 bits per heavy atom. The van der Waals surface area contributed by atoms with Crippen LogP contribution in [0.1, 0.15) is 27.7 Å². The second-order valence-electron chi connectivity index (χ2n) is 6.26. The molecular formula is C17H21N3O3S. The van der Waals surface area contributed by atoms with Crippen LogP contribution < -0.4 is 10.6 Å². The SMILES string of the molecule is CC(NC(=O)OC(C)(C)C)C(=O)Nc1nc(-c2ccccc2)cs1. The third-order valence-corrected chi connectivity index (χ3v) is 3.69. The molecule has 0 spiro atoms. The van der Waals surface area contributed by atoms with Gasteiger partial charge in [0.2, 0.25) is 5.91 Å². The molecule has 0 saturated carbocycles. The number of nitrogens with zero attached hydrogens (tertiary/aromatic N) is 1. The monoisotopic (exact) mass is 347 g/mol. The predicted octanol–water partition coefficient (Wildman–Crippen LogP) is 3.66. The highest BCUT2D eigenvalue weighted by Crippen LogP contribution is 2.24. The highest BCUT2D eigenvalue weighted by atomic mass is 32.1. The molecule has 1 atom stereocenters. The quantitative estimate of drug-likeness (QED) is 0.884. The molecule has 2 N–H and O–H groups in total. The number of amides is 2. The highest BCUT2D eigenvalue weighted by molar-refractivity contribution is 7.14. The van der Waals surface area contributed by atoms with E-state index in [1.807, 2.05) is 35.7 Å². The fourth-order valence-corrected chi connectivity index (χ4v) is 2.56. The van der Waals surface area contributed by atoms with E-state index >= 15 is 0 Å². The molecule has 0 aliphatic carbocycles. The van der Waals surface area contributed by atoms with Crippen molar-refractivity contribution in [2.75, 3.05) is 5.32 Å². The summed E-state index contributed by atoms with van der Waals surface area (Å²) >= 11 is 1.33. The summed E-state index contributed by atoms with van der Waals surface area (Å²) in [7, 11) is 0. The van der Waals surface area contributed by atoms with Gasteiger partial charge in [0.1, 0.15) is 11.6 Å². The van der Waals surface area contributed by atoms with Gasteiger partial charge in [0.15, 0.2) is 5.13 Å². The first kappa shape index (κ1) is 17.9. The zero-order valence-electron chi connectivity index (χ0n) is 14.1. The Balaban J connectivity index is 1.92. The average molecular weight is 347 g/mol. The lowest BCUT2D eigenvalue weighted by Crippen LogP contribution is -2.43. The number of ether oxygens (including phenoxy) is 1. The van der Waals surface area contributed by atoms with Crippen LogP contribution in [0.5, 0.6) is 0 Å². The fraction of sp³-hybridized carbons (Fsp3) is 0.353. The van der Waals surface area contributed by atoms with Crippen molar-refractivity contribution in [3.05, 3.63) is 35.7 Å². The molecule has 0 fully saturated rings. The van der Waals surface area contributed by atoms with Crippen LogP contribution in [-0.4, -0.2) is 28.6 Å². The maximum absolute atomic E-state index is 12.1. The van der Waals surface area contributed by atoms with Gasteiger partial charge in [-0.1, -0.05) is 30.3 Å². The van der Waals surface area contributed by atoms with Crippen molar-refractivity contribution in [2.24, 2.45) is 0 Å². The zero-order valence-corrected chi connectivity index (χ0v) is 14.9. The molecular weight excluding hydrogens is 326 g/mol. The molecule has 128 valence electrons. The van der Waals surface area contributed by atoms with Crippen molar-refractivity contribution in [2.45, 2.75) is 39.3 Å². The Kier molecular flexibility index (Phi) is 5.56. The van der Waals surface area contributed by atoms with Crippen molar-refractivity contribution in [1.82, 2.24) is 10.3 Å². The smallest absolute Gasteiger partial charge is 0.408 e. The molecule has 1 aromatic carbocycles. The minimum Gasteiger partial charge on any atom is -0.444 e. The second kappa shape index (κ2) is 7.44. The summed E-state index contributed by atoms with van der Waals surface area (Å²) in [6.45, 7) is 6.87. The van der Waals surface area contributed by atoms with Crippen LogP contribution in [0.3, 0.4) is 0 Å². The molecule has 0 aliphatic rings. The van der Waals surface area contributed by atoms with Crippen LogP contribution in [0.4, 0.5) is 9.93 Å². The van der Waals surface area contributed by atoms with Gasteiger partial charge in [-0.15, -0.1) is 11.3 Å². The molecule has 2 aromatic rings. The molecule has 1 unspecified atom stereocenters. The third kappa shape index (κ3) is 5.34. The largest absolute Gasteiger partial charge is 0.444 e. The number of carbonyl (C=O) groups is 2. The second-order valence-corrected chi connectivity index (χ2v) is 7.12. The molecule has 0 radical (unpaired) electrons. The molecule has 0 aliphatic heterocycles. The maximum Gasteiger partial charge on any atom is 0.408 e. The molecule has 6 nitrogen and oxygen atoms in total. The van der Waals surface area contributed by atoms with Crippen LogP contribution in [0, 0.1) is 0 Å². The van der Waals surface area contributed by atoms with E-state index in [9.17, 15) is 9.59 Å². The van der Waals surface area contributed by atoms with E-state index in [0.717, 1.165) is 11.3 Å². The van der Waals surface area contributed by atoms with E-state index in [-0.39, 0.29) is 5.91 Å². The number of thiazole rings is 1. The van der Waals surface area contributed by atoms with Gasteiger partial charge in [0.25, 0.3) is 0 Å². The molecule has 7 heteroatoms. The van der Waals surface area contributed by atoms with E-state index in [1.165, 1.54) is 11.3 Å². The summed E-state index contributed by atoms with van der Waals surface area (Å²) in [5.74, 6) is -0.352. The first-order valence-corrected chi connectivity index (χ1v) is 8.44. The Bertz CT molecular complexity index is 707. The van der Waals surface area contributed by atoms with Crippen molar-refractivity contribution in [3.8, 4) is 11.3 Å². The van der Waals surface area contributed by atoms with Gasteiger partial charge < -0.3 is 15.4 Å². The van der Waals surface area contributed by atoms with E-state index < -0.39 is 17.7 Å². The molecule has 1 aromatic heterocycles. The first-order valence-electron chi connectivity index (χ1n) is 7.56. The van der Waals surface area contributed by atoms with Crippen LogP contribution in [0.25, 0.3) is 11.3 Å². The Morgan fingerprint density at radius 2 is 1.88 bits per heavy atom. The molecule has 0 saturated heterocycles. The summed E-state index contributed by atoms with van der Waals surface area (Å²) in [6.07, 6.45) is -0.630. The summed E-state index contributed by atoms with van der Waals surface area (Å²) < 4.78 is 5.13. The molecule has 2 rings (SSSR count). The molecule has 0 bridgehead atoms. The number of rotatable bonds is 4. The Morgan fingerprint density at radius 3 is 2.50 bits per heavy atom. The number of anilines is 1. The normalized spacial score (nSPS) is 12.3. The minimum absolute atomic E-state index is 0.352. The summed E-state index contributed by atoms with van der Waals surface area (Å²) in [5, 5.41) is 7.55. The van der Waals surface area contributed by atoms with Gasteiger partial charge in [-0.3, -0.25) is 4.79 Å². The number of alkyl carbamates (subject to hydrolysis) is 1. The summed E-state index contributed by atoms with van der Waals surface area (Å²) in [4.78, 5) is 28.2. The lowest BCUT2D eigenvalue weighted by Gasteiger charge is -2.21. The van der Waals surface area contributed by atoms with Gasteiger partial charge in [-0.05, 0) is 27.7 Å². The van der Waals surface area contributed by atoms with E-state index in [0.29, 0.717) is 5.13 Å². The van der Waals surface area contributed by atoms with Crippen molar-refractivity contribution < 1.29 is 14.3 Å². The number of nitrogens with one attached hydrogen (secondary N) is 2. The topological polar surface area (TPSA) is 80.3 Å². The van der Waals surface area contributed by atoms with Gasteiger partial charge in [0.05, 0.1) is 5.69 Å². The number of aromatic nitrogens is 1. The van der Waals surface area contributed by atoms with Crippen LogP contribution in [0.2, 0.25) is 0 Å². The minimum atomic E-state index is -0.732. The predicted molar refractivity (Wildman–Crippen MR) is 95.0 cm³/mol. The number of benzene rings is 1. The lowest BCUT2D eigenvalue weighted by molar-refractivity contribution is -0.117. The molecule has 24 heavy (non-hydrogen) atoms. The Hall–Kier alpha value is -2.41. The molecule has 1 heterocycles. The van der Waals surface area contributed by atoms with Gasteiger partial charge >= 0.3 is 6.09 Å². The summed E-state index contributed by atoms with van der Waals surface area (Å²) in [6, 6.07) is 8.96. The van der Waals surface area contributed by atoms with E-state index in [2.05, 4.69) is 15.6 Å². The third-order valence-electron chi connectivity index (χ3n) is 2.93. The Labute approximate surface area is 145 Å². The first-order chi connectivity index (χ1) is 11.2. The van der Waals surface area contributed by atoms with Crippen molar-refractivity contribution in [1.29, 1.82) is 0 Å². The fourth-order valence-electron chi connectivity index (χ4n) is 1.84. The van der Waals surface area contributed by atoms with Crippen molar-refractivity contribution >= 4 is 28.5 Å². The number of hydrogen-bond acceptors (Lipinski definition) is 5. The maximum atomic E-state index is 12.1. The average Bonchev–Trinajstić information content (AvgIpc) is 2.94. The standard InChI is InChI=1S/C17H21N3O3S/c1-11(18-16(22)23-17(2,3)4)14(21)20-15-19-13(10-24-15)12-8-6-5-7-9-12/h5-11H,1-4H3,(H,18,22)(H,19,20,21). The van der Waals surface area contributed by atoms with E-state index in [4.69, 9.17) is 4.74 Å². The van der Waals surface area contributed by atoms with E-state index in [1.54, 1.807) is 27.7 Å². The number of carbonyl (C=O) groups excluding carboxylic acids is 2. The number of hydrogen-bond donors (Lipinski definition) is 2. The van der Waals surface area contributed by atoms with Gasteiger partial charge in [-0.25, -0.2) is 9.78 Å². The molecule has 2 amide bonds. The van der Waals surface area contributed by atoms with Gasteiger partial charge in [-0.2, -0.15) is 0 Å². The van der Waals surface area contributed by atoms with Crippen LogP contribution in [0.15, 0.2) is 35.7 Å². The lowest BCUT2D eigenvalue weighted by atomic mass is 10.2. The van der Waals surface area contributed by atoms with Crippen LogP contribution >= 0.6 is 11.3 Å². The van der Waals surface area contributed by atoms with Crippen LogP contribution in [-0.2, 0) is 9.53 Å². The zero-order chi connectivity index (χ0) is 17.7. The summed E-state index contributed by atoms with van der Waals surface area (Å²) in [5.41, 5.74) is 1.16.